The molecule has 112 valence electrons. The minimum Gasteiger partial charge on any atom is -0.350 e. The van der Waals surface area contributed by atoms with Gasteiger partial charge in [0.1, 0.15) is 5.82 Å². The van der Waals surface area contributed by atoms with Gasteiger partial charge in [0.2, 0.25) is 0 Å². The molecule has 0 spiro atoms. The Labute approximate surface area is 126 Å². The van der Waals surface area contributed by atoms with Crippen molar-refractivity contribution in [2.45, 2.75) is 46.2 Å². The third-order valence-electron chi connectivity index (χ3n) is 3.59. The van der Waals surface area contributed by atoms with Crippen LogP contribution in [0.1, 0.15) is 48.4 Å². The van der Waals surface area contributed by atoms with Gasteiger partial charge in [-0.25, -0.2) is 4.98 Å². The van der Waals surface area contributed by atoms with Gasteiger partial charge in [-0.2, -0.15) is 0 Å². The predicted octanol–water partition coefficient (Wildman–Crippen LogP) is 3.16. The molecule has 0 saturated carbocycles. The Morgan fingerprint density at radius 2 is 2.05 bits per heavy atom. The normalized spacial score (nSPS) is 12.1. The number of benzene rings is 1. The second kappa shape index (κ2) is 7.07. The summed E-state index contributed by atoms with van der Waals surface area (Å²) < 4.78 is 2.08. The van der Waals surface area contributed by atoms with E-state index in [0.29, 0.717) is 5.56 Å². The summed E-state index contributed by atoms with van der Waals surface area (Å²) in [5.74, 6) is 0.992. The van der Waals surface area contributed by atoms with Gasteiger partial charge < -0.3 is 9.88 Å². The topological polar surface area (TPSA) is 46.9 Å². The summed E-state index contributed by atoms with van der Waals surface area (Å²) in [6, 6.07) is 7.99. The van der Waals surface area contributed by atoms with E-state index in [1.54, 1.807) is 6.20 Å². The van der Waals surface area contributed by atoms with Crippen molar-refractivity contribution < 1.29 is 4.79 Å². The molecule has 1 amide bonds. The Morgan fingerprint density at radius 1 is 1.33 bits per heavy atom. The lowest BCUT2D eigenvalue weighted by Gasteiger charge is -2.13. The van der Waals surface area contributed by atoms with Crippen LogP contribution in [0.4, 0.5) is 0 Å². The molecule has 1 aromatic heterocycles. The monoisotopic (exact) mass is 285 g/mol. The standard InChI is InChI=1S/C17H23N3O/c1-4-5-13(2)19-17(21)16-8-6-15(7-9-16)12-20-11-10-18-14(20)3/h6-11,13H,4-5,12H2,1-3H3,(H,19,21)/t13-/m1/s1. The lowest BCUT2D eigenvalue weighted by Crippen LogP contribution is -2.32. The van der Waals surface area contributed by atoms with Crippen LogP contribution in [0, 0.1) is 6.92 Å². The van der Waals surface area contributed by atoms with E-state index in [1.165, 1.54) is 0 Å². The van der Waals surface area contributed by atoms with Crippen LogP contribution < -0.4 is 5.32 Å². The highest BCUT2D eigenvalue weighted by Gasteiger charge is 2.09. The molecular weight excluding hydrogens is 262 g/mol. The highest BCUT2D eigenvalue weighted by Crippen LogP contribution is 2.08. The fraction of sp³-hybridized carbons (Fsp3) is 0.412. The van der Waals surface area contributed by atoms with E-state index >= 15 is 0 Å². The molecule has 0 fully saturated rings. The van der Waals surface area contributed by atoms with Gasteiger partial charge in [0, 0.05) is 30.5 Å². The quantitative estimate of drug-likeness (QED) is 0.886. The third-order valence-corrected chi connectivity index (χ3v) is 3.59. The molecule has 4 nitrogen and oxygen atoms in total. The van der Waals surface area contributed by atoms with Crippen LogP contribution >= 0.6 is 0 Å². The van der Waals surface area contributed by atoms with Crippen molar-refractivity contribution in [2.75, 3.05) is 0 Å². The van der Waals surface area contributed by atoms with Crippen LogP contribution in [0.15, 0.2) is 36.7 Å². The molecule has 1 aromatic carbocycles. The smallest absolute Gasteiger partial charge is 0.251 e. The maximum Gasteiger partial charge on any atom is 0.251 e. The van der Waals surface area contributed by atoms with Crippen molar-refractivity contribution in [1.29, 1.82) is 0 Å². The van der Waals surface area contributed by atoms with Gasteiger partial charge in [-0.05, 0) is 38.0 Å². The van der Waals surface area contributed by atoms with Gasteiger partial charge in [-0.3, -0.25) is 4.79 Å². The lowest BCUT2D eigenvalue weighted by atomic mass is 10.1. The SMILES string of the molecule is CCC[C@@H](C)NC(=O)c1ccc(Cn2ccnc2C)cc1. The van der Waals surface area contributed by atoms with Crippen LogP contribution in [-0.4, -0.2) is 21.5 Å². The van der Waals surface area contributed by atoms with E-state index in [-0.39, 0.29) is 11.9 Å². The molecule has 0 bridgehead atoms. The maximum atomic E-state index is 12.1. The van der Waals surface area contributed by atoms with Crippen molar-refractivity contribution >= 4 is 5.91 Å². The second-order valence-corrected chi connectivity index (χ2v) is 5.46. The van der Waals surface area contributed by atoms with Crippen molar-refractivity contribution in [3.8, 4) is 0 Å². The molecule has 0 aliphatic heterocycles. The third kappa shape index (κ3) is 4.18. The Morgan fingerprint density at radius 3 is 2.62 bits per heavy atom. The van der Waals surface area contributed by atoms with E-state index in [0.717, 1.165) is 30.8 Å². The molecule has 2 aromatic rings. The molecule has 1 atom stereocenters. The van der Waals surface area contributed by atoms with Gasteiger partial charge in [-0.15, -0.1) is 0 Å². The molecule has 1 heterocycles. The number of carbonyl (C=O) groups is 1. The summed E-state index contributed by atoms with van der Waals surface area (Å²) >= 11 is 0. The average Bonchev–Trinajstić information content (AvgIpc) is 2.85. The molecule has 0 aliphatic carbocycles. The fourth-order valence-electron chi connectivity index (χ4n) is 2.34. The van der Waals surface area contributed by atoms with E-state index in [1.807, 2.05) is 44.3 Å². The zero-order chi connectivity index (χ0) is 15.2. The zero-order valence-electron chi connectivity index (χ0n) is 13.0. The van der Waals surface area contributed by atoms with E-state index < -0.39 is 0 Å². The summed E-state index contributed by atoms with van der Waals surface area (Å²) in [4.78, 5) is 16.3. The average molecular weight is 285 g/mol. The Kier molecular flexibility index (Phi) is 5.14. The van der Waals surface area contributed by atoms with Crippen LogP contribution in [-0.2, 0) is 6.54 Å². The van der Waals surface area contributed by atoms with Gasteiger partial charge in [0.25, 0.3) is 5.91 Å². The van der Waals surface area contributed by atoms with Crippen LogP contribution in [0.5, 0.6) is 0 Å². The highest BCUT2D eigenvalue weighted by atomic mass is 16.1. The van der Waals surface area contributed by atoms with Crippen LogP contribution in [0.3, 0.4) is 0 Å². The molecule has 2 rings (SSSR count). The van der Waals surface area contributed by atoms with E-state index in [4.69, 9.17) is 0 Å². The summed E-state index contributed by atoms with van der Waals surface area (Å²) in [6.07, 6.45) is 5.84. The first-order valence-electron chi connectivity index (χ1n) is 7.47. The number of hydrogen-bond acceptors (Lipinski definition) is 2. The van der Waals surface area contributed by atoms with Gasteiger partial charge in [0.05, 0.1) is 0 Å². The molecule has 0 aliphatic rings. The predicted molar refractivity (Wildman–Crippen MR) is 84.3 cm³/mol. The number of nitrogens with zero attached hydrogens (tertiary/aromatic N) is 2. The Bertz CT molecular complexity index is 586. The number of aromatic nitrogens is 2. The number of amides is 1. The van der Waals surface area contributed by atoms with Crippen LogP contribution in [0.25, 0.3) is 0 Å². The first-order valence-corrected chi connectivity index (χ1v) is 7.47. The number of nitrogens with one attached hydrogen (secondary N) is 1. The highest BCUT2D eigenvalue weighted by molar-refractivity contribution is 5.94. The summed E-state index contributed by atoms with van der Waals surface area (Å²) in [7, 11) is 0. The number of hydrogen-bond donors (Lipinski definition) is 1. The fourth-order valence-corrected chi connectivity index (χ4v) is 2.34. The molecule has 0 unspecified atom stereocenters. The Balaban J connectivity index is 1.98. The van der Waals surface area contributed by atoms with Crippen LogP contribution in [0.2, 0.25) is 0 Å². The number of imidazole rings is 1. The molecule has 1 N–H and O–H groups in total. The molecule has 4 heteroatoms. The van der Waals surface area contributed by atoms with Crippen molar-refractivity contribution in [3.05, 3.63) is 53.6 Å². The number of aryl methyl sites for hydroxylation is 1. The lowest BCUT2D eigenvalue weighted by molar-refractivity contribution is 0.0938. The van der Waals surface area contributed by atoms with Gasteiger partial charge in [0.15, 0.2) is 0 Å². The number of rotatable bonds is 6. The minimum atomic E-state index is 0.00121. The van der Waals surface area contributed by atoms with Gasteiger partial charge in [-0.1, -0.05) is 25.5 Å². The summed E-state index contributed by atoms with van der Waals surface area (Å²) in [6.45, 7) is 6.92. The summed E-state index contributed by atoms with van der Waals surface area (Å²) in [5, 5.41) is 3.02. The molecular formula is C17H23N3O. The van der Waals surface area contributed by atoms with Crippen molar-refractivity contribution in [1.82, 2.24) is 14.9 Å². The molecule has 0 saturated heterocycles. The first kappa shape index (κ1) is 15.3. The number of carbonyl (C=O) groups excluding carboxylic acids is 1. The van der Waals surface area contributed by atoms with E-state index in [9.17, 15) is 4.79 Å². The van der Waals surface area contributed by atoms with Crippen molar-refractivity contribution in [2.24, 2.45) is 0 Å². The molecule has 0 radical (unpaired) electrons. The zero-order valence-corrected chi connectivity index (χ0v) is 13.0. The van der Waals surface area contributed by atoms with E-state index in [2.05, 4.69) is 21.8 Å². The maximum absolute atomic E-state index is 12.1. The minimum absolute atomic E-state index is 0.00121. The largest absolute Gasteiger partial charge is 0.350 e. The van der Waals surface area contributed by atoms with Crippen molar-refractivity contribution in [3.63, 3.8) is 0 Å². The Hall–Kier alpha value is -2.10. The second-order valence-electron chi connectivity index (χ2n) is 5.46. The van der Waals surface area contributed by atoms with Gasteiger partial charge >= 0.3 is 0 Å². The molecule has 21 heavy (non-hydrogen) atoms. The first-order chi connectivity index (χ1) is 10.1. The summed E-state index contributed by atoms with van der Waals surface area (Å²) in [5.41, 5.74) is 1.87.